The molecule has 1 aliphatic rings. The van der Waals surface area contributed by atoms with Crippen molar-refractivity contribution in [3.8, 4) is 56.4 Å². The van der Waals surface area contributed by atoms with E-state index in [4.69, 9.17) is 15.0 Å². The van der Waals surface area contributed by atoms with E-state index in [1.807, 2.05) is 6.07 Å². The van der Waals surface area contributed by atoms with E-state index in [0.29, 0.717) is 17.5 Å². The zero-order chi connectivity index (χ0) is 33.8. The van der Waals surface area contributed by atoms with E-state index in [0.717, 1.165) is 23.1 Å². The maximum Gasteiger partial charge on any atom is 0.164 e. The third-order valence-electron chi connectivity index (χ3n) is 10.6. The Labute approximate surface area is 289 Å². The molecule has 0 N–H and O–H groups in total. The third-order valence-corrected chi connectivity index (χ3v) is 10.6. The van der Waals surface area contributed by atoms with Crippen LogP contribution in [0, 0.1) is 6.92 Å². The number of aryl methyl sites for hydroxylation is 1. The van der Waals surface area contributed by atoms with Crippen molar-refractivity contribution in [1.82, 2.24) is 15.0 Å². The molecule has 0 fully saturated rings. The van der Waals surface area contributed by atoms with Gasteiger partial charge >= 0.3 is 0 Å². The molecule has 0 aliphatic heterocycles. The summed E-state index contributed by atoms with van der Waals surface area (Å²) in [6.07, 6.45) is 2.33. The zero-order valence-corrected chi connectivity index (χ0v) is 29.0. The van der Waals surface area contributed by atoms with Gasteiger partial charge < -0.3 is 0 Å². The first kappa shape index (κ1) is 30.9. The number of rotatable bonds is 5. The first-order chi connectivity index (χ1) is 23.7. The molecule has 0 atom stereocenters. The average molecular weight is 636 g/mol. The standard InChI is InChI=1S/C46H41N3/c1-30-28-40-41(46(4,5)27-26-45(40,2)3)29-39(30)44-48-42(35-22-18-32(19-23-35)31-12-7-6-8-13-31)47-43(49-44)36-24-20-34(21-25-36)38-17-11-15-33-14-9-10-16-37(33)38/h6-25,28-29H,26-27H2,1-5H3. The Morgan fingerprint density at radius 2 is 0.918 bits per heavy atom. The highest BCUT2D eigenvalue weighted by atomic mass is 15.0. The summed E-state index contributed by atoms with van der Waals surface area (Å²) in [7, 11) is 0. The van der Waals surface area contributed by atoms with E-state index in [2.05, 4.69) is 162 Å². The summed E-state index contributed by atoms with van der Waals surface area (Å²) in [6.45, 7) is 11.7. The van der Waals surface area contributed by atoms with Crippen LogP contribution in [-0.2, 0) is 10.8 Å². The minimum atomic E-state index is 0.0801. The van der Waals surface area contributed by atoms with Gasteiger partial charge in [0.05, 0.1) is 0 Å². The van der Waals surface area contributed by atoms with Gasteiger partial charge in [0.25, 0.3) is 0 Å². The van der Waals surface area contributed by atoms with Gasteiger partial charge in [-0.1, -0.05) is 155 Å². The van der Waals surface area contributed by atoms with Crippen molar-refractivity contribution in [2.24, 2.45) is 0 Å². The summed E-state index contributed by atoms with van der Waals surface area (Å²) in [5.41, 5.74) is 12.0. The van der Waals surface area contributed by atoms with Crippen molar-refractivity contribution in [2.45, 2.75) is 58.3 Å². The molecule has 7 aromatic rings. The predicted octanol–water partition coefficient (Wildman–Crippen LogP) is 12.0. The third kappa shape index (κ3) is 5.74. The zero-order valence-electron chi connectivity index (χ0n) is 29.0. The molecule has 1 aromatic heterocycles. The van der Waals surface area contributed by atoms with Crippen molar-refractivity contribution in [3.05, 3.63) is 150 Å². The van der Waals surface area contributed by atoms with Gasteiger partial charge in [-0.05, 0) is 86.4 Å². The molecule has 0 spiro atoms. The number of fused-ring (bicyclic) bond motifs is 2. The maximum atomic E-state index is 5.19. The second-order valence-corrected chi connectivity index (χ2v) is 14.8. The van der Waals surface area contributed by atoms with Gasteiger partial charge in [-0.3, -0.25) is 0 Å². The monoisotopic (exact) mass is 635 g/mol. The fourth-order valence-electron chi connectivity index (χ4n) is 7.44. The van der Waals surface area contributed by atoms with Crippen molar-refractivity contribution >= 4 is 10.8 Å². The van der Waals surface area contributed by atoms with Gasteiger partial charge in [0.1, 0.15) is 0 Å². The Bertz CT molecular complexity index is 2310. The van der Waals surface area contributed by atoms with Gasteiger partial charge in [-0.15, -0.1) is 0 Å². The molecule has 6 aromatic carbocycles. The molecule has 49 heavy (non-hydrogen) atoms. The lowest BCUT2D eigenvalue weighted by Gasteiger charge is -2.42. The molecule has 0 unspecified atom stereocenters. The summed E-state index contributed by atoms with van der Waals surface area (Å²) < 4.78 is 0. The molecule has 8 rings (SSSR count). The molecule has 0 saturated heterocycles. The molecule has 1 heterocycles. The second-order valence-electron chi connectivity index (χ2n) is 14.8. The van der Waals surface area contributed by atoms with Gasteiger partial charge in [-0.25, -0.2) is 15.0 Å². The summed E-state index contributed by atoms with van der Waals surface area (Å²) in [5, 5.41) is 2.48. The number of hydrogen-bond acceptors (Lipinski definition) is 3. The van der Waals surface area contributed by atoms with Crippen LogP contribution in [0.25, 0.3) is 67.2 Å². The topological polar surface area (TPSA) is 38.7 Å². The smallest absolute Gasteiger partial charge is 0.164 e. The SMILES string of the molecule is Cc1cc2c(cc1-c1nc(-c3ccc(-c4ccccc4)cc3)nc(-c3ccc(-c4cccc5ccccc45)cc3)n1)C(C)(C)CCC2(C)C. The molecular formula is C46H41N3. The van der Waals surface area contributed by atoms with E-state index in [9.17, 15) is 0 Å². The van der Waals surface area contributed by atoms with Gasteiger partial charge in [-0.2, -0.15) is 0 Å². The minimum absolute atomic E-state index is 0.0801. The van der Waals surface area contributed by atoms with Crippen LogP contribution in [0.2, 0.25) is 0 Å². The molecular weight excluding hydrogens is 595 g/mol. The van der Waals surface area contributed by atoms with Crippen molar-refractivity contribution in [3.63, 3.8) is 0 Å². The predicted molar refractivity (Wildman–Crippen MR) is 205 cm³/mol. The highest BCUT2D eigenvalue weighted by Gasteiger charge is 2.37. The number of hydrogen-bond donors (Lipinski definition) is 0. The highest BCUT2D eigenvalue weighted by molar-refractivity contribution is 5.96. The van der Waals surface area contributed by atoms with Crippen LogP contribution >= 0.6 is 0 Å². The normalized spacial score (nSPS) is 14.8. The molecule has 3 heteroatoms. The highest BCUT2D eigenvalue weighted by Crippen LogP contribution is 2.47. The van der Waals surface area contributed by atoms with E-state index < -0.39 is 0 Å². The van der Waals surface area contributed by atoms with Crippen LogP contribution in [0.1, 0.15) is 57.2 Å². The van der Waals surface area contributed by atoms with E-state index in [1.54, 1.807) is 0 Å². The van der Waals surface area contributed by atoms with Crippen LogP contribution in [-0.4, -0.2) is 15.0 Å². The minimum Gasteiger partial charge on any atom is -0.208 e. The molecule has 0 bridgehead atoms. The van der Waals surface area contributed by atoms with Crippen LogP contribution < -0.4 is 0 Å². The van der Waals surface area contributed by atoms with Crippen LogP contribution in [0.15, 0.2) is 133 Å². The lowest BCUT2D eigenvalue weighted by atomic mass is 9.62. The lowest BCUT2D eigenvalue weighted by Crippen LogP contribution is -2.34. The van der Waals surface area contributed by atoms with Gasteiger partial charge in [0.2, 0.25) is 0 Å². The van der Waals surface area contributed by atoms with Crippen LogP contribution in [0.4, 0.5) is 0 Å². The Kier molecular flexibility index (Phi) is 7.52. The first-order valence-electron chi connectivity index (χ1n) is 17.3. The van der Waals surface area contributed by atoms with Crippen molar-refractivity contribution in [1.29, 1.82) is 0 Å². The molecule has 0 saturated carbocycles. The summed E-state index contributed by atoms with van der Waals surface area (Å²) in [6, 6.07) is 47.5. The molecule has 240 valence electrons. The van der Waals surface area contributed by atoms with Gasteiger partial charge in [0, 0.05) is 16.7 Å². The fraction of sp³-hybridized carbons (Fsp3) is 0.196. The first-order valence-corrected chi connectivity index (χ1v) is 17.3. The largest absolute Gasteiger partial charge is 0.208 e. The second kappa shape index (κ2) is 11.9. The fourth-order valence-corrected chi connectivity index (χ4v) is 7.44. The summed E-state index contributed by atoms with van der Waals surface area (Å²) in [4.78, 5) is 15.5. The van der Waals surface area contributed by atoms with E-state index in [-0.39, 0.29) is 10.8 Å². The Morgan fingerprint density at radius 1 is 0.429 bits per heavy atom. The molecule has 0 radical (unpaired) electrons. The van der Waals surface area contributed by atoms with E-state index >= 15 is 0 Å². The van der Waals surface area contributed by atoms with Crippen LogP contribution in [0.3, 0.4) is 0 Å². The molecule has 3 nitrogen and oxygen atoms in total. The quantitative estimate of drug-likeness (QED) is 0.189. The van der Waals surface area contributed by atoms with Gasteiger partial charge in [0.15, 0.2) is 17.5 Å². The number of benzene rings is 6. The Hall–Kier alpha value is -5.41. The Morgan fingerprint density at radius 3 is 1.57 bits per heavy atom. The van der Waals surface area contributed by atoms with Crippen LogP contribution in [0.5, 0.6) is 0 Å². The van der Waals surface area contributed by atoms with E-state index in [1.165, 1.54) is 56.1 Å². The summed E-state index contributed by atoms with van der Waals surface area (Å²) in [5.74, 6) is 2.06. The Balaban J connectivity index is 1.26. The van der Waals surface area contributed by atoms with Crippen molar-refractivity contribution in [2.75, 3.05) is 0 Å². The number of nitrogens with zero attached hydrogens (tertiary/aromatic N) is 3. The maximum absolute atomic E-state index is 5.19. The molecule has 0 amide bonds. The summed E-state index contributed by atoms with van der Waals surface area (Å²) >= 11 is 0. The van der Waals surface area contributed by atoms with Crippen molar-refractivity contribution < 1.29 is 0 Å². The average Bonchev–Trinajstić information content (AvgIpc) is 3.13. The molecule has 1 aliphatic carbocycles. The lowest BCUT2D eigenvalue weighted by molar-refractivity contribution is 0.332. The number of aromatic nitrogens is 3.